The summed E-state index contributed by atoms with van der Waals surface area (Å²) in [6, 6.07) is 15.7. The van der Waals surface area contributed by atoms with Gasteiger partial charge in [0.25, 0.3) is 5.91 Å². The number of carbonyl (C=O) groups excluding carboxylic acids is 2. The van der Waals surface area contributed by atoms with Gasteiger partial charge in [0.2, 0.25) is 5.91 Å². The molecule has 0 unspecified atom stereocenters. The summed E-state index contributed by atoms with van der Waals surface area (Å²) in [5.41, 5.74) is 2.14. The van der Waals surface area contributed by atoms with Crippen LogP contribution in [-0.4, -0.2) is 45.7 Å². The zero-order valence-electron chi connectivity index (χ0n) is 18.0. The molecule has 1 fully saturated rings. The van der Waals surface area contributed by atoms with Gasteiger partial charge in [0.05, 0.1) is 23.4 Å². The number of nitrogens with one attached hydrogen (secondary N) is 1. The monoisotopic (exact) mass is 458 g/mol. The van der Waals surface area contributed by atoms with Crippen molar-refractivity contribution in [3.63, 3.8) is 0 Å². The SMILES string of the molecule is C=CC(=O)N1CCCC[C@@H](n2cnc3ccccc32)C1.O=C(NC(F)(F)F)c1ccccc1. The van der Waals surface area contributed by atoms with Crippen molar-refractivity contribution in [2.75, 3.05) is 13.1 Å². The molecule has 9 heteroatoms. The average Bonchev–Trinajstić information content (AvgIpc) is 3.08. The Hall–Kier alpha value is -3.62. The second-order valence-corrected chi connectivity index (χ2v) is 7.60. The zero-order valence-corrected chi connectivity index (χ0v) is 18.0. The number of hydrogen-bond acceptors (Lipinski definition) is 3. The van der Waals surface area contributed by atoms with Gasteiger partial charge in [0, 0.05) is 18.7 Å². The number of likely N-dealkylation sites (tertiary alicyclic amines) is 1. The first-order valence-corrected chi connectivity index (χ1v) is 10.6. The van der Waals surface area contributed by atoms with Gasteiger partial charge in [-0.2, -0.15) is 13.2 Å². The Morgan fingerprint density at radius 2 is 1.76 bits per heavy atom. The summed E-state index contributed by atoms with van der Waals surface area (Å²) < 4.78 is 37.2. The van der Waals surface area contributed by atoms with Gasteiger partial charge in [-0.05, 0) is 49.6 Å². The first kappa shape index (κ1) is 24.0. The van der Waals surface area contributed by atoms with Crippen LogP contribution in [0.3, 0.4) is 0 Å². The van der Waals surface area contributed by atoms with Crippen LogP contribution < -0.4 is 5.32 Å². The molecule has 1 aliphatic heterocycles. The van der Waals surface area contributed by atoms with E-state index < -0.39 is 12.2 Å². The topological polar surface area (TPSA) is 67.2 Å². The fourth-order valence-corrected chi connectivity index (χ4v) is 3.74. The van der Waals surface area contributed by atoms with Gasteiger partial charge in [-0.3, -0.25) is 14.9 Å². The van der Waals surface area contributed by atoms with E-state index >= 15 is 0 Å². The quantitative estimate of drug-likeness (QED) is 0.457. The van der Waals surface area contributed by atoms with E-state index in [0.717, 1.165) is 48.7 Å². The van der Waals surface area contributed by atoms with E-state index in [1.54, 1.807) is 6.07 Å². The molecule has 4 rings (SSSR count). The van der Waals surface area contributed by atoms with Crippen molar-refractivity contribution in [2.45, 2.75) is 31.6 Å². The number of nitrogens with zero attached hydrogens (tertiary/aromatic N) is 3. The molecular weight excluding hydrogens is 433 g/mol. The number of amides is 2. The lowest BCUT2D eigenvalue weighted by molar-refractivity contribution is -0.146. The van der Waals surface area contributed by atoms with Crippen molar-refractivity contribution in [1.82, 2.24) is 19.8 Å². The fraction of sp³-hybridized carbons (Fsp3) is 0.292. The minimum absolute atomic E-state index is 0.0141. The molecule has 0 bridgehead atoms. The summed E-state index contributed by atoms with van der Waals surface area (Å²) >= 11 is 0. The maximum absolute atomic E-state index is 11.9. The molecule has 1 N–H and O–H groups in total. The minimum atomic E-state index is -4.67. The molecule has 0 saturated carbocycles. The van der Waals surface area contributed by atoms with Crippen LogP contribution >= 0.6 is 0 Å². The fourth-order valence-electron chi connectivity index (χ4n) is 3.74. The van der Waals surface area contributed by atoms with Crippen molar-refractivity contribution < 1.29 is 22.8 Å². The Bertz CT molecular complexity index is 1100. The molecule has 2 aromatic carbocycles. The Labute approximate surface area is 189 Å². The zero-order chi connectivity index (χ0) is 23.8. The number of para-hydroxylation sites is 2. The first-order chi connectivity index (χ1) is 15.8. The highest BCUT2D eigenvalue weighted by Gasteiger charge is 2.30. The Kier molecular flexibility index (Phi) is 7.87. The number of alkyl halides is 3. The number of aromatic nitrogens is 2. The van der Waals surface area contributed by atoms with E-state index in [9.17, 15) is 22.8 Å². The molecule has 1 aromatic heterocycles. The summed E-state index contributed by atoms with van der Waals surface area (Å²) in [7, 11) is 0. The Balaban J connectivity index is 0.000000205. The summed E-state index contributed by atoms with van der Waals surface area (Å²) in [5, 5.41) is 0.896. The largest absolute Gasteiger partial charge is 0.484 e. The van der Waals surface area contributed by atoms with Crippen LogP contribution in [-0.2, 0) is 4.79 Å². The van der Waals surface area contributed by atoms with Crippen molar-refractivity contribution in [2.24, 2.45) is 0 Å². The predicted octanol–water partition coefficient (Wildman–Crippen LogP) is 4.71. The number of halogens is 3. The third-order valence-corrected chi connectivity index (χ3v) is 5.30. The van der Waals surface area contributed by atoms with Crippen LogP contribution in [0.2, 0.25) is 0 Å². The third-order valence-electron chi connectivity index (χ3n) is 5.30. The maximum Gasteiger partial charge on any atom is 0.484 e. The summed E-state index contributed by atoms with van der Waals surface area (Å²) in [4.78, 5) is 29.1. The second-order valence-electron chi connectivity index (χ2n) is 7.60. The molecule has 2 amide bonds. The van der Waals surface area contributed by atoms with Crippen molar-refractivity contribution in [1.29, 1.82) is 0 Å². The summed E-state index contributed by atoms with van der Waals surface area (Å²) in [6.07, 6.45) is 1.92. The van der Waals surface area contributed by atoms with Gasteiger partial charge >= 0.3 is 6.30 Å². The molecule has 174 valence electrons. The molecule has 1 aliphatic rings. The van der Waals surface area contributed by atoms with Crippen LogP contribution in [0.4, 0.5) is 13.2 Å². The molecule has 33 heavy (non-hydrogen) atoms. The van der Waals surface area contributed by atoms with E-state index in [1.165, 1.54) is 30.3 Å². The van der Waals surface area contributed by atoms with Gasteiger partial charge in [-0.25, -0.2) is 4.98 Å². The highest BCUT2D eigenvalue weighted by molar-refractivity contribution is 5.94. The van der Waals surface area contributed by atoms with Crippen LogP contribution in [0.1, 0.15) is 35.7 Å². The molecule has 6 nitrogen and oxygen atoms in total. The van der Waals surface area contributed by atoms with Gasteiger partial charge in [0.15, 0.2) is 0 Å². The predicted molar refractivity (Wildman–Crippen MR) is 119 cm³/mol. The lowest BCUT2D eigenvalue weighted by Gasteiger charge is -2.24. The number of rotatable bonds is 3. The molecule has 0 radical (unpaired) electrons. The van der Waals surface area contributed by atoms with Gasteiger partial charge in [-0.15, -0.1) is 0 Å². The summed E-state index contributed by atoms with van der Waals surface area (Å²) in [6.45, 7) is 5.16. The highest BCUT2D eigenvalue weighted by atomic mass is 19.4. The molecule has 0 spiro atoms. The van der Waals surface area contributed by atoms with Gasteiger partial charge in [-0.1, -0.05) is 36.9 Å². The molecule has 2 heterocycles. The van der Waals surface area contributed by atoms with Gasteiger partial charge in [0.1, 0.15) is 0 Å². The van der Waals surface area contributed by atoms with E-state index in [-0.39, 0.29) is 11.5 Å². The van der Waals surface area contributed by atoms with E-state index in [0.29, 0.717) is 6.04 Å². The van der Waals surface area contributed by atoms with E-state index in [4.69, 9.17) is 0 Å². The smallest absolute Gasteiger partial charge is 0.337 e. The number of hydrogen-bond donors (Lipinski definition) is 1. The van der Waals surface area contributed by atoms with Gasteiger partial charge < -0.3 is 9.47 Å². The van der Waals surface area contributed by atoms with Crippen LogP contribution in [0.25, 0.3) is 11.0 Å². The third kappa shape index (κ3) is 6.68. The summed E-state index contributed by atoms with van der Waals surface area (Å²) in [5.74, 6) is -1.12. The molecule has 0 aliphatic carbocycles. The van der Waals surface area contributed by atoms with Crippen LogP contribution in [0.15, 0.2) is 73.6 Å². The van der Waals surface area contributed by atoms with Crippen LogP contribution in [0, 0.1) is 0 Å². The van der Waals surface area contributed by atoms with Crippen molar-refractivity contribution in [3.8, 4) is 0 Å². The van der Waals surface area contributed by atoms with Crippen molar-refractivity contribution >= 4 is 22.8 Å². The molecule has 1 atom stereocenters. The Morgan fingerprint density at radius 3 is 2.45 bits per heavy atom. The second kappa shape index (κ2) is 10.8. The molecule has 3 aromatic rings. The number of imidazole rings is 1. The van der Waals surface area contributed by atoms with E-state index in [2.05, 4.69) is 22.2 Å². The Morgan fingerprint density at radius 1 is 1.06 bits per heavy atom. The van der Waals surface area contributed by atoms with E-state index in [1.807, 2.05) is 29.4 Å². The van der Waals surface area contributed by atoms with Crippen LogP contribution in [0.5, 0.6) is 0 Å². The lowest BCUT2D eigenvalue weighted by atomic mass is 10.1. The number of fused-ring (bicyclic) bond motifs is 1. The standard InChI is InChI=1S/C16H19N3O.C8H6F3NO/c1-2-16(20)18-10-6-5-7-13(11-18)19-12-17-14-8-3-4-9-15(14)19;9-8(10,11)12-7(13)6-4-2-1-3-5-6/h2-4,8-9,12-13H,1,5-7,10-11H2;1-5H,(H,12,13)/t13-;/m1./s1. The lowest BCUT2D eigenvalue weighted by Crippen LogP contribution is -2.37. The highest BCUT2D eigenvalue weighted by Crippen LogP contribution is 2.25. The number of benzene rings is 2. The molecular formula is C24H25F3N4O2. The number of carbonyl (C=O) groups is 2. The average molecular weight is 458 g/mol. The maximum atomic E-state index is 11.9. The molecule has 1 saturated heterocycles. The minimum Gasteiger partial charge on any atom is -0.337 e. The first-order valence-electron chi connectivity index (χ1n) is 10.6. The normalized spacial score (nSPS) is 16.3. The van der Waals surface area contributed by atoms with Crippen molar-refractivity contribution in [3.05, 3.63) is 79.1 Å².